The Morgan fingerprint density at radius 1 is 1.00 bits per heavy atom. The molecule has 2 amide bonds. The first-order valence-electron chi connectivity index (χ1n) is 8.62. The molecule has 136 valence electrons. The molecule has 26 heavy (non-hydrogen) atoms. The maximum absolute atomic E-state index is 12.5. The Balaban J connectivity index is 1.59. The molecular weight excluding hydrogens is 350 g/mol. The Morgan fingerprint density at radius 2 is 1.69 bits per heavy atom. The lowest BCUT2D eigenvalue weighted by molar-refractivity contribution is -0.143. The molecule has 0 unspecified atom stereocenters. The third-order valence-corrected chi connectivity index (χ3v) is 5.05. The van der Waals surface area contributed by atoms with Crippen molar-refractivity contribution >= 4 is 34.8 Å². The van der Waals surface area contributed by atoms with Crippen LogP contribution in [-0.2, 0) is 9.59 Å². The van der Waals surface area contributed by atoms with E-state index in [1.807, 2.05) is 13.0 Å². The number of halogens is 1. The van der Waals surface area contributed by atoms with Crippen molar-refractivity contribution in [3.8, 4) is 0 Å². The average molecular weight is 372 g/mol. The second kappa shape index (κ2) is 7.79. The highest BCUT2D eigenvalue weighted by molar-refractivity contribution is 6.40. The lowest BCUT2D eigenvalue weighted by Gasteiger charge is -2.35. The maximum Gasteiger partial charge on any atom is 0.313 e. The number of hydrogen-bond acceptors (Lipinski definition) is 3. The van der Waals surface area contributed by atoms with Crippen LogP contribution in [0.2, 0.25) is 5.02 Å². The molecule has 2 aromatic carbocycles. The van der Waals surface area contributed by atoms with Crippen molar-refractivity contribution in [1.29, 1.82) is 0 Å². The van der Waals surface area contributed by atoms with Crippen LogP contribution >= 0.6 is 11.6 Å². The van der Waals surface area contributed by atoms with Gasteiger partial charge in [0.15, 0.2) is 0 Å². The summed E-state index contributed by atoms with van der Waals surface area (Å²) in [6, 6.07) is 13.5. The zero-order chi connectivity index (χ0) is 18.7. The SMILES string of the molecule is Cc1cccc(N2CCN(C(=O)C(=O)Nc3cccc(Cl)c3C)CC2)c1. The van der Waals surface area contributed by atoms with E-state index in [1.54, 1.807) is 23.1 Å². The van der Waals surface area contributed by atoms with Crippen LogP contribution < -0.4 is 10.2 Å². The molecular formula is C20H22ClN3O2. The molecule has 1 fully saturated rings. The van der Waals surface area contributed by atoms with Crippen molar-refractivity contribution in [1.82, 2.24) is 4.90 Å². The van der Waals surface area contributed by atoms with Gasteiger partial charge in [0.1, 0.15) is 0 Å². The second-order valence-corrected chi connectivity index (χ2v) is 6.89. The van der Waals surface area contributed by atoms with Gasteiger partial charge in [-0.3, -0.25) is 9.59 Å². The first-order chi connectivity index (χ1) is 12.5. The Labute approximate surface area is 158 Å². The largest absolute Gasteiger partial charge is 0.368 e. The van der Waals surface area contributed by atoms with Crippen LogP contribution in [0.1, 0.15) is 11.1 Å². The molecule has 1 aliphatic rings. The summed E-state index contributed by atoms with van der Waals surface area (Å²) >= 11 is 6.06. The summed E-state index contributed by atoms with van der Waals surface area (Å²) in [7, 11) is 0. The van der Waals surface area contributed by atoms with Gasteiger partial charge >= 0.3 is 11.8 Å². The minimum atomic E-state index is -0.626. The van der Waals surface area contributed by atoms with Gasteiger partial charge in [-0.15, -0.1) is 0 Å². The van der Waals surface area contributed by atoms with Crippen LogP contribution in [-0.4, -0.2) is 42.9 Å². The monoisotopic (exact) mass is 371 g/mol. The number of rotatable bonds is 2. The highest BCUT2D eigenvalue weighted by atomic mass is 35.5. The van der Waals surface area contributed by atoms with E-state index < -0.39 is 11.8 Å². The van der Waals surface area contributed by atoms with E-state index >= 15 is 0 Å². The molecule has 1 aliphatic heterocycles. The van der Waals surface area contributed by atoms with Crippen molar-refractivity contribution < 1.29 is 9.59 Å². The van der Waals surface area contributed by atoms with E-state index in [0.717, 1.165) is 11.3 Å². The van der Waals surface area contributed by atoms with Crippen molar-refractivity contribution in [2.45, 2.75) is 13.8 Å². The third kappa shape index (κ3) is 3.99. The summed E-state index contributed by atoms with van der Waals surface area (Å²) in [6.45, 7) is 6.33. The number of piperazine rings is 1. The molecule has 5 nitrogen and oxygen atoms in total. The quantitative estimate of drug-likeness (QED) is 0.824. The molecule has 0 bridgehead atoms. The number of nitrogens with zero attached hydrogens (tertiary/aromatic N) is 2. The third-order valence-electron chi connectivity index (χ3n) is 4.64. The summed E-state index contributed by atoms with van der Waals surface area (Å²) in [5.41, 5.74) is 3.67. The number of amides is 2. The van der Waals surface area contributed by atoms with Gasteiger partial charge in [-0.1, -0.05) is 29.8 Å². The van der Waals surface area contributed by atoms with E-state index in [9.17, 15) is 9.59 Å². The number of nitrogens with one attached hydrogen (secondary N) is 1. The molecule has 0 atom stereocenters. The lowest BCUT2D eigenvalue weighted by atomic mass is 10.2. The summed E-state index contributed by atoms with van der Waals surface area (Å²) < 4.78 is 0. The molecule has 0 radical (unpaired) electrons. The smallest absolute Gasteiger partial charge is 0.313 e. The summed E-state index contributed by atoms with van der Waals surface area (Å²) in [5.74, 6) is -1.13. The number of hydrogen-bond donors (Lipinski definition) is 1. The number of aryl methyl sites for hydroxylation is 1. The van der Waals surface area contributed by atoms with Gasteiger partial charge in [-0.2, -0.15) is 0 Å². The van der Waals surface area contributed by atoms with Crippen molar-refractivity contribution in [3.63, 3.8) is 0 Å². The fraction of sp³-hybridized carbons (Fsp3) is 0.300. The van der Waals surface area contributed by atoms with Crippen molar-refractivity contribution in [2.24, 2.45) is 0 Å². The molecule has 0 saturated carbocycles. The van der Waals surface area contributed by atoms with Gasteiger partial charge in [0.2, 0.25) is 0 Å². The fourth-order valence-electron chi connectivity index (χ4n) is 3.05. The molecule has 0 aromatic heterocycles. The predicted molar refractivity (Wildman–Crippen MR) is 105 cm³/mol. The Kier molecular flexibility index (Phi) is 5.47. The molecule has 1 saturated heterocycles. The van der Waals surface area contributed by atoms with Crippen LogP contribution in [0.4, 0.5) is 11.4 Å². The van der Waals surface area contributed by atoms with E-state index in [0.29, 0.717) is 36.9 Å². The molecule has 1 N–H and O–H groups in total. The van der Waals surface area contributed by atoms with E-state index in [1.165, 1.54) is 5.56 Å². The minimum Gasteiger partial charge on any atom is -0.368 e. The number of carbonyl (C=O) groups excluding carboxylic acids is 2. The molecule has 2 aromatic rings. The maximum atomic E-state index is 12.5. The number of carbonyl (C=O) groups is 2. The summed E-state index contributed by atoms with van der Waals surface area (Å²) in [6.07, 6.45) is 0. The Bertz CT molecular complexity index is 830. The standard InChI is InChI=1S/C20H22ClN3O2/c1-14-5-3-6-16(13-14)23-9-11-24(12-10-23)20(26)19(25)22-18-8-4-7-17(21)15(18)2/h3-8,13H,9-12H2,1-2H3,(H,22,25). The number of benzene rings is 2. The van der Waals surface area contributed by atoms with Gasteiger partial charge in [0.05, 0.1) is 0 Å². The van der Waals surface area contributed by atoms with Crippen molar-refractivity contribution in [2.75, 3.05) is 36.4 Å². The minimum absolute atomic E-state index is 0.506. The van der Waals surface area contributed by atoms with Crippen LogP contribution in [0.25, 0.3) is 0 Å². The highest BCUT2D eigenvalue weighted by Gasteiger charge is 2.26. The number of anilines is 2. The van der Waals surface area contributed by atoms with Crippen LogP contribution in [0.15, 0.2) is 42.5 Å². The molecule has 3 rings (SSSR count). The topological polar surface area (TPSA) is 52.7 Å². The zero-order valence-corrected chi connectivity index (χ0v) is 15.7. The summed E-state index contributed by atoms with van der Waals surface area (Å²) in [5, 5.41) is 3.23. The second-order valence-electron chi connectivity index (χ2n) is 6.48. The Hall–Kier alpha value is -2.53. The van der Waals surface area contributed by atoms with Crippen LogP contribution in [0, 0.1) is 13.8 Å². The van der Waals surface area contributed by atoms with Gasteiger partial charge in [-0.25, -0.2) is 0 Å². The van der Waals surface area contributed by atoms with E-state index in [4.69, 9.17) is 11.6 Å². The highest BCUT2D eigenvalue weighted by Crippen LogP contribution is 2.23. The van der Waals surface area contributed by atoms with E-state index in [-0.39, 0.29) is 0 Å². The van der Waals surface area contributed by atoms with Gasteiger partial charge < -0.3 is 15.1 Å². The normalized spacial score (nSPS) is 14.3. The molecule has 6 heteroatoms. The van der Waals surface area contributed by atoms with Gasteiger partial charge in [-0.05, 0) is 49.2 Å². The Morgan fingerprint density at radius 3 is 2.38 bits per heavy atom. The summed E-state index contributed by atoms with van der Waals surface area (Å²) in [4.78, 5) is 28.6. The first kappa shape index (κ1) is 18.3. The van der Waals surface area contributed by atoms with E-state index in [2.05, 4.69) is 35.3 Å². The molecule has 0 aliphatic carbocycles. The zero-order valence-electron chi connectivity index (χ0n) is 15.0. The molecule has 0 spiro atoms. The average Bonchev–Trinajstić information content (AvgIpc) is 2.65. The predicted octanol–water partition coefficient (Wildman–Crippen LogP) is 3.24. The van der Waals surface area contributed by atoms with Crippen molar-refractivity contribution in [3.05, 3.63) is 58.6 Å². The first-order valence-corrected chi connectivity index (χ1v) is 9.00. The fourth-order valence-corrected chi connectivity index (χ4v) is 3.23. The van der Waals surface area contributed by atoms with Crippen LogP contribution in [0.3, 0.4) is 0 Å². The van der Waals surface area contributed by atoms with Gasteiger partial charge in [0, 0.05) is 42.6 Å². The van der Waals surface area contributed by atoms with Gasteiger partial charge in [0.25, 0.3) is 0 Å². The molecule has 1 heterocycles. The van der Waals surface area contributed by atoms with Crippen LogP contribution in [0.5, 0.6) is 0 Å². The lowest BCUT2D eigenvalue weighted by Crippen LogP contribution is -2.51.